The van der Waals surface area contributed by atoms with Gasteiger partial charge in [0.15, 0.2) is 0 Å². The molecular weight excluding hydrogens is 284 g/mol. The van der Waals surface area contributed by atoms with E-state index in [1.165, 1.54) is 0 Å². The molecule has 0 amide bonds. The van der Waals surface area contributed by atoms with E-state index in [2.05, 4.69) is 67.7 Å². The van der Waals surface area contributed by atoms with Crippen LogP contribution in [0.5, 0.6) is 0 Å². The van der Waals surface area contributed by atoms with Crippen molar-refractivity contribution in [2.45, 2.75) is 58.8 Å². The molecule has 2 nitrogen and oxygen atoms in total. The van der Waals surface area contributed by atoms with Crippen LogP contribution in [-0.4, -0.2) is 11.1 Å². The van der Waals surface area contributed by atoms with Gasteiger partial charge in [-0.2, -0.15) is 0 Å². The van der Waals surface area contributed by atoms with Gasteiger partial charge >= 0.3 is 5.97 Å². The second-order valence-electron chi connectivity index (χ2n) is 5.65. The zero-order valence-corrected chi connectivity index (χ0v) is 14.7. The number of carboxylic acid groups (broad SMARTS) is 1. The lowest BCUT2D eigenvalue weighted by molar-refractivity contribution is -0.137. The van der Waals surface area contributed by atoms with Crippen molar-refractivity contribution in [2.75, 3.05) is 0 Å². The van der Waals surface area contributed by atoms with Crippen LogP contribution in [-0.2, 0) is 4.79 Å². The predicted molar refractivity (Wildman–Crippen MR) is 100 cm³/mol. The zero-order chi connectivity index (χ0) is 17.2. The highest BCUT2D eigenvalue weighted by molar-refractivity contribution is 5.66. The molecule has 1 atom stereocenters. The molecule has 23 heavy (non-hydrogen) atoms. The van der Waals surface area contributed by atoms with Crippen molar-refractivity contribution in [2.24, 2.45) is 5.92 Å². The van der Waals surface area contributed by atoms with Crippen LogP contribution in [0, 0.1) is 5.92 Å². The van der Waals surface area contributed by atoms with E-state index in [9.17, 15) is 4.79 Å². The first kappa shape index (κ1) is 21.2. The Bertz CT molecular complexity index is 425. The molecule has 0 saturated carbocycles. The Hall–Kier alpha value is -1.83. The fraction of sp³-hybridized carbons (Fsp3) is 0.476. The molecule has 0 aromatic heterocycles. The third-order valence-electron chi connectivity index (χ3n) is 3.22. The van der Waals surface area contributed by atoms with Crippen molar-refractivity contribution in [1.29, 1.82) is 0 Å². The van der Waals surface area contributed by atoms with Crippen molar-refractivity contribution >= 4 is 5.97 Å². The number of hydrogen-bond acceptors (Lipinski definition) is 1. The molecule has 0 aromatic carbocycles. The summed E-state index contributed by atoms with van der Waals surface area (Å²) in [6.07, 6.45) is 27.7. The fourth-order valence-electron chi connectivity index (χ4n) is 1.96. The van der Waals surface area contributed by atoms with Gasteiger partial charge in [0.1, 0.15) is 0 Å². The molecule has 0 bridgehead atoms. The highest BCUT2D eigenvalue weighted by Gasteiger charge is 2.04. The summed E-state index contributed by atoms with van der Waals surface area (Å²) in [5.41, 5.74) is 0. The van der Waals surface area contributed by atoms with Gasteiger partial charge in [-0.05, 0) is 44.4 Å². The first-order chi connectivity index (χ1) is 11.2. The normalized spacial score (nSPS) is 14.2. The number of allylic oxidation sites excluding steroid dienone is 10. The van der Waals surface area contributed by atoms with Crippen molar-refractivity contribution in [3.8, 4) is 0 Å². The van der Waals surface area contributed by atoms with E-state index in [4.69, 9.17) is 5.11 Å². The highest BCUT2D eigenvalue weighted by Crippen LogP contribution is 2.08. The van der Waals surface area contributed by atoms with Gasteiger partial charge in [-0.1, -0.05) is 74.6 Å². The number of rotatable bonds is 13. The third-order valence-corrected chi connectivity index (χ3v) is 3.22. The lowest BCUT2D eigenvalue weighted by Crippen LogP contribution is -2.02. The molecule has 0 unspecified atom stereocenters. The van der Waals surface area contributed by atoms with E-state index < -0.39 is 5.97 Å². The molecule has 0 rings (SSSR count). The van der Waals surface area contributed by atoms with Crippen LogP contribution >= 0.6 is 0 Å². The second-order valence-corrected chi connectivity index (χ2v) is 5.65. The third kappa shape index (κ3) is 18.1. The SMILES string of the molecule is CC/C=C\C/C=C\C/C=C\C/C=C\C/C=C\C[C@@H](C)CC(=O)O. The minimum absolute atomic E-state index is 0.209. The number of aliphatic carboxylic acids is 1. The quantitative estimate of drug-likeness (QED) is 0.408. The maximum absolute atomic E-state index is 10.5. The largest absolute Gasteiger partial charge is 0.481 e. The summed E-state index contributed by atoms with van der Waals surface area (Å²) in [5.74, 6) is -0.508. The van der Waals surface area contributed by atoms with Gasteiger partial charge in [-0.3, -0.25) is 4.79 Å². The Balaban J connectivity index is 3.58. The van der Waals surface area contributed by atoms with Gasteiger partial charge in [-0.15, -0.1) is 0 Å². The predicted octanol–water partition coefficient (Wildman–Crippen LogP) is 6.24. The van der Waals surface area contributed by atoms with E-state index in [0.29, 0.717) is 0 Å². The Morgan fingerprint density at radius 3 is 1.57 bits per heavy atom. The number of carboxylic acids is 1. The molecule has 0 aromatic rings. The van der Waals surface area contributed by atoms with E-state index in [1.807, 2.05) is 6.92 Å². The van der Waals surface area contributed by atoms with E-state index in [-0.39, 0.29) is 12.3 Å². The van der Waals surface area contributed by atoms with Crippen LogP contribution in [0.4, 0.5) is 0 Å². The van der Waals surface area contributed by atoms with Crippen molar-refractivity contribution in [3.05, 3.63) is 60.8 Å². The summed E-state index contributed by atoms with van der Waals surface area (Å²) in [6.45, 7) is 4.11. The number of carbonyl (C=O) groups is 1. The lowest BCUT2D eigenvalue weighted by Gasteiger charge is -2.02. The molecule has 0 radical (unpaired) electrons. The fourth-order valence-corrected chi connectivity index (χ4v) is 1.96. The Morgan fingerprint density at radius 1 is 0.783 bits per heavy atom. The topological polar surface area (TPSA) is 37.3 Å². The Kier molecular flexibility index (Phi) is 15.2. The van der Waals surface area contributed by atoms with Gasteiger partial charge in [0.2, 0.25) is 0 Å². The molecule has 0 saturated heterocycles. The molecular formula is C21H32O2. The lowest BCUT2D eigenvalue weighted by atomic mass is 10.0. The molecule has 2 heteroatoms. The maximum Gasteiger partial charge on any atom is 0.303 e. The molecule has 1 N–H and O–H groups in total. The minimum Gasteiger partial charge on any atom is -0.481 e. The Morgan fingerprint density at radius 2 is 1.17 bits per heavy atom. The maximum atomic E-state index is 10.5. The van der Waals surface area contributed by atoms with Crippen LogP contribution in [0.15, 0.2) is 60.8 Å². The monoisotopic (exact) mass is 316 g/mol. The van der Waals surface area contributed by atoms with Crippen LogP contribution in [0.25, 0.3) is 0 Å². The average Bonchev–Trinajstić information content (AvgIpc) is 2.50. The number of hydrogen-bond donors (Lipinski definition) is 1. The van der Waals surface area contributed by atoms with Crippen LogP contribution in [0.3, 0.4) is 0 Å². The minimum atomic E-state index is -0.718. The summed E-state index contributed by atoms with van der Waals surface area (Å²) in [5, 5.41) is 8.66. The van der Waals surface area contributed by atoms with Gasteiger partial charge in [0.05, 0.1) is 0 Å². The average molecular weight is 316 g/mol. The van der Waals surface area contributed by atoms with Crippen LogP contribution in [0.2, 0.25) is 0 Å². The first-order valence-electron chi connectivity index (χ1n) is 8.63. The molecule has 0 spiro atoms. The molecule has 0 aliphatic rings. The highest BCUT2D eigenvalue weighted by atomic mass is 16.4. The van der Waals surface area contributed by atoms with Crippen molar-refractivity contribution < 1.29 is 9.90 Å². The summed E-state index contributed by atoms with van der Waals surface area (Å²) in [4.78, 5) is 10.5. The van der Waals surface area contributed by atoms with Gasteiger partial charge < -0.3 is 5.11 Å². The van der Waals surface area contributed by atoms with E-state index in [0.717, 1.165) is 38.5 Å². The van der Waals surface area contributed by atoms with Crippen LogP contribution < -0.4 is 0 Å². The standard InChI is InChI=1S/C21H32O2/c1-3-4-5-6-7-8-9-10-11-12-13-14-15-16-17-18-20(2)19-21(22)23/h4-5,7-8,10-11,13-14,16-17,20H,3,6,9,12,15,18-19H2,1-2H3,(H,22,23)/b5-4-,8-7-,11-10-,14-13-,17-16-/t20-/m1/s1. The van der Waals surface area contributed by atoms with Gasteiger partial charge in [0, 0.05) is 6.42 Å². The van der Waals surface area contributed by atoms with E-state index in [1.54, 1.807) is 0 Å². The smallest absolute Gasteiger partial charge is 0.303 e. The molecule has 0 fully saturated rings. The summed E-state index contributed by atoms with van der Waals surface area (Å²) < 4.78 is 0. The Labute approximate surface area is 142 Å². The van der Waals surface area contributed by atoms with Crippen molar-refractivity contribution in [3.63, 3.8) is 0 Å². The summed E-state index contributed by atoms with van der Waals surface area (Å²) in [6, 6.07) is 0. The van der Waals surface area contributed by atoms with Gasteiger partial charge in [-0.25, -0.2) is 0 Å². The summed E-state index contributed by atoms with van der Waals surface area (Å²) >= 11 is 0. The molecule has 0 aliphatic carbocycles. The summed E-state index contributed by atoms with van der Waals surface area (Å²) in [7, 11) is 0. The van der Waals surface area contributed by atoms with E-state index >= 15 is 0 Å². The molecule has 128 valence electrons. The molecule has 0 heterocycles. The van der Waals surface area contributed by atoms with Crippen LogP contribution in [0.1, 0.15) is 58.8 Å². The van der Waals surface area contributed by atoms with Crippen molar-refractivity contribution in [1.82, 2.24) is 0 Å². The first-order valence-corrected chi connectivity index (χ1v) is 8.63. The molecule has 0 aliphatic heterocycles. The van der Waals surface area contributed by atoms with Gasteiger partial charge in [0.25, 0.3) is 0 Å². The second kappa shape index (κ2) is 16.5. The zero-order valence-electron chi connectivity index (χ0n) is 14.7.